The first kappa shape index (κ1) is 34.1. The first-order chi connectivity index (χ1) is 25.5. The van der Waals surface area contributed by atoms with Crippen molar-refractivity contribution in [3.05, 3.63) is 137 Å². The van der Waals surface area contributed by atoms with Crippen LogP contribution in [0.5, 0.6) is 0 Å². The van der Waals surface area contributed by atoms with Gasteiger partial charge in [0.15, 0.2) is 0 Å². The average Bonchev–Trinajstić information content (AvgIpc) is 3.73. The van der Waals surface area contributed by atoms with Crippen LogP contribution in [0, 0.1) is 0 Å². The van der Waals surface area contributed by atoms with Gasteiger partial charge in [0.1, 0.15) is 0 Å². The second kappa shape index (κ2) is 10.6. The highest BCUT2D eigenvalue weighted by molar-refractivity contribution is 6.66. The molecule has 0 bridgehead atoms. The van der Waals surface area contributed by atoms with Gasteiger partial charge in [-0.2, -0.15) is 0 Å². The van der Waals surface area contributed by atoms with Gasteiger partial charge in [-0.3, -0.25) is 0 Å². The molecular formula is C48H46B2O4. The molecule has 2 aliphatic heterocycles. The van der Waals surface area contributed by atoms with E-state index < -0.39 is 42.1 Å². The maximum absolute atomic E-state index is 7.17. The van der Waals surface area contributed by atoms with Gasteiger partial charge in [-0.25, -0.2) is 0 Å². The molecule has 1 atom stereocenters. The third kappa shape index (κ3) is 4.20. The molecule has 4 nitrogen and oxygen atoms in total. The number of hydrogen-bond donors (Lipinski definition) is 0. The number of hydrogen-bond acceptors (Lipinski definition) is 4. The van der Waals surface area contributed by atoms with Crippen molar-refractivity contribution in [3.8, 4) is 22.3 Å². The van der Waals surface area contributed by atoms with Crippen molar-refractivity contribution in [1.82, 2.24) is 0 Å². The Morgan fingerprint density at radius 3 is 1.61 bits per heavy atom. The van der Waals surface area contributed by atoms with Crippen LogP contribution in [-0.4, -0.2) is 36.6 Å². The van der Waals surface area contributed by atoms with Crippen LogP contribution in [0.1, 0.15) is 84.6 Å². The smallest absolute Gasteiger partial charge is 0.399 e. The fraction of sp³-hybridized carbons (Fsp3) is 0.292. The largest absolute Gasteiger partial charge is 0.495 e. The zero-order chi connectivity index (χ0) is 37.9. The highest BCUT2D eigenvalue weighted by atomic mass is 16.7. The Balaban J connectivity index is 1.41. The molecule has 54 heavy (non-hydrogen) atoms. The SMILES string of the molecule is C=C1/C=C\C(=C)c2cc3c(c(B4OC(C)(C)C(C)(C)O4)c2C2(C)C(=C1B1OC(C)(C)C(C)(C)O1)c1cccc4cccc2c14)-c1cccc2cccc-3c12. The number of fused-ring (bicyclic) bond motifs is 8. The van der Waals surface area contributed by atoms with Crippen molar-refractivity contribution >= 4 is 52.4 Å². The highest BCUT2D eigenvalue weighted by Crippen LogP contribution is 2.60. The van der Waals surface area contributed by atoms with Crippen molar-refractivity contribution in [2.45, 2.75) is 90.1 Å². The quantitative estimate of drug-likeness (QED) is 0.168. The van der Waals surface area contributed by atoms with Crippen LogP contribution < -0.4 is 5.46 Å². The van der Waals surface area contributed by atoms with Crippen molar-refractivity contribution in [3.63, 3.8) is 0 Å². The molecule has 268 valence electrons. The minimum Gasteiger partial charge on any atom is -0.399 e. The molecule has 0 N–H and O–H groups in total. The zero-order valence-electron chi connectivity index (χ0n) is 32.9. The van der Waals surface area contributed by atoms with Gasteiger partial charge in [0.25, 0.3) is 0 Å². The van der Waals surface area contributed by atoms with Crippen LogP contribution in [0.2, 0.25) is 0 Å². The first-order valence-corrected chi connectivity index (χ1v) is 19.3. The fourth-order valence-electron chi connectivity index (χ4n) is 9.78. The van der Waals surface area contributed by atoms with Crippen LogP contribution in [0.15, 0.2) is 115 Å². The Labute approximate surface area is 319 Å². The second-order valence-electron chi connectivity index (χ2n) is 18.0. The van der Waals surface area contributed by atoms with Crippen LogP contribution in [0.25, 0.3) is 54.9 Å². The molecule has 5 aliphatic rings. The van der Waals surface area contributed by atoms with Crippen molar-refractivity contribution < 1.29 is 18.6 Å². The molecule has 3 aliphatic carbocycles. The first-order valence-electron chi connectivity index (χ1n) is 19.3. The summed E-state index contributed by atoms with van der Waals surface area (Å²) in [6, 6.07) is 29.0. The predicted molar refractivity (Wildman–Crippen MR) is 225 cm³/mol. The van der Waals surface area contributed by atoms with Gasteiger partial charge >= 0.3 is 14.2 Å². The van der Waals surface area contributed by atoms with E-state index in [4.69, 9.17) is 31.8 Å². The van der Waals surface area contributed by atoms with E-state index in [2.05, 4.69) is 153 Å². The van der Waals surface area contributed by atoms with Crippen molar-refractivity contribution in [2.24, 2.45) is 0 Å². The van der Waals surface area contributed by atoms with Crippen molar-refractivity contribution in [1.29, 1.82) is 0 Å². The molecule has 2 heterocycles. The summed E-state index contributed by atoms with van der Waals surface area (Å²) in [5.74, 6) is 0. The summed E-state index contributed by atoms with van der Waals surface area (Å²) in [4.78, 5) is 0. The maximum atomic E-state index is 7.17. The molecule has 0 amide bonds. The molecule has 2 saturated heterocycles. The lowest BCUT2D eigenvalue weighted by atomic mass is 9.57. The molecular weight excluding hydrogens is 662 g/mol. The van der Waals surface area contributed by atoms with Gasteiger partial charge in [-0.05, 0) is 162 Å². The van der Waals surface area contributed by atoms with Gasteiger partial charge in [0, 0.05) is 5.41 Å². The number of benzene rings is 5. The standard InChI is InChI=1S/C48H46B2O4/c1-27-24-25-28(2)42(49-51-44(3,4)45(5,6)52-49)40-33-22-14-18-30-19-15-23-36(38(30)33)48(40,11)41-34(27)26-35-31-20-12-16-29-17-13-21-32(37(29)31)39(35)43(41)50-53-46(7,8)47(9,10)54-50/h12-26H,1-2H2,3-11H3/b25-24-,42-40?. The van der Waals surface area contributed by atoms with Crippen molar-refractivity contribution in [2.75, 3.05) is 0 Å². The molecule has 5 aromatic rings. The fourth-order valence-corrected chi connectivity index (χ4v) is 9.78. The lowest BCUT2D eigenvalue weighted by Gasteiger charge is -2.37. The highest BCUT2D eigenvalue weighted by Gasteiger charge is 2.59. The molecule has 6 heteroatoms. The van der Waals surface area contributed by atoms with Crippen LogP contribution in [0.4, 0.5) is 0 Å². The Morgan fingerprint density at radius 2 is 1.00 bits per heavy atom. The van der Waals surface area contributed by atoms with E-state index in [1.54, 1.807) is 0 Å². The second-order valence-corrected chi connectivity index (χ2v) is 18.0. The number of allylic oxidation sites excluding steroid dienone is 6. The van der Waals surface area contributed by atoms with E-state index in [9.17, 15) is 0 Å². The monoisotopic (exact) mass is 708 g/mol. The summed E-state index contributed by atoms with van der Waals surface area (Å²) in [5.41, 5.74) is 11.2. The van der Waals surface area contributed by atoms with Gasteiger partial charge in [0.05, 0.1) is 22.4 Å². The summed E-state index contributed by atoms with van der Waals surface area (Å²) in [6.07, 6.45) is 4.22. The molecule has 2 fully saturated rings. The summed E-state index contributed by atoms with van der Waals surface area (Å²) in [7, 11) is -1.32. The van der Waals surface area contributed by atoms with Crippen LogP contribution >= 0.6 is 0 Å². The molecule has 1 unspecified atom stereocenters. The van der Waals surface area contributed by atoms with E-state index in [1.807, 2.05) is 0 Å². The van der Waals surface area contributed by atoms with E-state index >= 15 is 0 Å². The van der Waals surface area contributed by atoms with Crippen LogP contribution in [0.3, 0.4) is 0 Å². The Bertz CT molecular complexity index is 2600. The Hall–Kier alpha value is -4.45. The Kier molecular flexibility index (Phi) is 6.72. The zero-order valence-corrected chi connectivity index (χ0v) is 32.9. The topological polar surface area (TPSA) is 36.9 Å². The van der Waals surface area contributed by atoms with E-state index in [0.717, 1.165) is 49.9 Å². The van der Waals surface area contributed by atoms with Gasteiger partial charge in [0.2, 0.25) is 0 Å². The summed E-state index contributed by atoms with van der Waals surface area (Å²) in [5, 5.41) is 4.89. The van der Waals surface area contributed by atoms with E-state index in [0.29, 0.717) is 0 Å². The molecule has 0 saturated carbocycles. The number of rotatable bonds is 2. The Morgan fingerprint density at radius 1 is 0.500 bits per heavy atom. The summed E-state index contributed by atoms with van der Waals surface area (Å²) in [6.45, 7) is 29.0. The minimum atomic E-state index is -0.744. The van der Waals surface area contributed by atoms with Gasteiger partial charge in [-0.15, -0.1) is 0 Å². The lowest BCUT2D eigenvalue weighted by molar-refractivity contribution is 0.00578. The molecule has 5 aromatic carbocycles. The predicted octanol–water partition coefficient (Wildman–Crippen LogP) is 10.8. The molecule has 0 radical (unpaired) electrons. The van der Waals surface area contributed by atoms with Gasteiger partial charge in [-0.1, -0.05) is 98.1 Å². The van der Waals surface area contributed by atoms with E-state index in [-0.39, 0.29) is 0 Å². The lowest BCUT2D eigenvalue weighted by Crippen LogP contribution is -2.44. The van der Waals surface area contributed by atoms with E-state index in [1.165, 1.54) is 43.8 Å². The third-order valence-electron chi connectivity index (χ3n) is 14.0. The minimum absolute atomic E-state index is 0.553. The summed E-state index contributed by atoms with van der Waals surface area (Å²) < 4.78 is 28.3. The molecule has 10 rings (SSSR count). The average molecular weight is 709 g/mol. The maximum Gasteiger partial charge on any atom is 0.495 e. The summed E-state index contributed by atoms with van der Waals surface area (Å²) >= 11 is 0. The molecule has 0 aromatic heterocycles. The normalized spacial score (nSPS) is 24.5. The van der Waals surface area contributed by atoms with Gasteiger partial charge < -0.3 is 18.6 Å². The van der Waals surface area contributed by atoms with Crippen LogP contribution in [-0.2, 0) is 24.0 Å². The molecule has 0 spiro atoms. The third-order valence-corrected chi connectivity index (χ3v) is 14.0.